The number of nitrogens with zero attached hydrogens (tertiary/aromatic N) is 1. The van der Waals surface area contributed by atoms with Gasteiger partial charge in [-0.3, -0.25) is 0 Å². The summed E-state index contributed by atoms with van der Waals surface area (Å²) in [5.74, 6) is 0.623. The summed E-state index contributed by atoms with van der Waals surface area (Å²) in [4.78, 5) is 4.15. The molecule has 0 spiro atoms. The van der Waals surface area contributed by atoms with Gasteiger partial charge in [0.1, 0.15) is 11.3 Å². The number of rotatable bonds is 4. The second kappa shape index (κ2) is 5.86. The highest BCUT2D eigenvalue weighted by Crippen LogP contribution is 2.24. The zero-order chi connectivity index (χ0) is 10.4. The molecular weight excluding hydrogens is 198 g/mol. The molecule has 0 heterocycles. The first-order valence-electron chi connectivity index (χ1n) is 5.00. The van der Waals surface area contributed by atoms with Crippen molar-refractivity contribution < 1.29 is 4.74 Å². The van der Waals surface area contributed by atoms with Crippen molar-refractivity contribution in [2.75, 3.05) is 0 Å². The molecule has 0 atom stereocenters. The van der Waals surface area contributed by atoms with Crippen LogP contribution in [0.3, 0.4) is 0 Å². The monoisotopic (exact) mass is 213 g/mol. The predicted molar refractivity (Wildman–Crippen MR) is 60.6 cm³/mol. The summed E-state index contributed by atoms with van der Waals surface area (Å²) in [6.07, 6.45) is 9.24. The number of hydrogen-bond donors (Lipinski definition) is 0. The summed E-state index contributed by atoms with van der Waals surface area (Å²) in [7, 11) is 0. The number of hydrogen-bond acceptors (Lipinski definition) is 2. The van der Waals surface area contributed by atoms with Gasteiger partial charge in [-0.2, -0.15) is 0 Å². The highest BCUT2D eigenvalue weighted by molar-refractivity contribution is 6.30. The van der Waals surface area contributed by atoms with Crippen LogP contribution in [0.15, 0.2) is 28.4 Å². The van der Waals surface area contributed by atoms with E-state index in [2.05, 4.69) is 11.9 Å². The molecule has 0 aromatic heterocycles. The van der Waals surface area contributed by atoms with Crippen molar-refractivity contribution in [3.63, 3.8) is 0 Å². The summed E-state index contributed by atoms with van der Waals surface area (Å²) >= 11 is 5.80. The van der Waals surface area contributed by atoms with Crippen molar-refractivity contribution in [2.24, 2.45) is 4.99 Å². The fraction of sp³-hybridized carbons (Fsp3) is 0.545. The van der Waals surface area contributed by atoms with Crippen molar-refractivity contribution in [1.29, 1.82) is 0 Å². The summed E-state index contributed by atoms with van der Waals surface area (Å²) in [5, 5.41) is 0.474. The Balaban J connectivity index is 2.58. The average molecular weight is 214 g/mol. The SMILES string of the molecule is C\C=C(Cl)/N=C(\C=C\CC)OC1CC1. The molecular formula is C11H16ClNO. The molecule has 0 aromatic carbocycles. The van der Waals surface area contributed by atoms with Crippen LogP contribution < -0.4 is 0 Å². The lowest BCUT2D eigenvalue weighted by Crippen LogP contribution is -2.03. The third-order valence-corrected chi connectivity index (χ3v) is 2.07. The van der Waals surface area contributed by atoms with Crippen molar-refractivity contribution >= 4 is 17.5 Å². The van der Waals surface area contributed by atoms with Crippen LogP contribution in [0.2, 0.25) is 0 Å². The molecule has 0 unspecified atom stereocenters. The second-order valence-electron chi connectivity index (χ2n) is 3.19. The van der Waals surface area contributed by atoms with Crippen molar-refractivity contribution in [3.8, 4) is 0 Å². The minimum Gasteiger partial charge on any atom is -0.474 e. The molecule has 3 heteroatoms. The van der Waals surface area contributed by atoms with E-state index in [4.69, 9.17) is 16.3 Å². The van der Waals surface area contributed by atoms with Gasteiger partial charge in [-0.15, -0.1) is 0 Å². The molecule has 0 saturated heterocycles. The van der Waals surface area contributed by atoms with E-state index in [1.807, 2.05) is 19.1 Å². The van der Waals surface area contributed by atoms with Crippen LogP contribution >= 0.6 is 11.6 Å². The van der Waals surface area contributed by atoms with Gasteiger partial charge in [-0.05, 0) is 38.3 Å². The molecule has 1 aliphatic rings. The number of allylic oxidation sites excluding steroid dienone is 2. The van der Waals surface area contributed by atoms with E-state index in [0.717, 1.165) is 19.3 Å². The van der Waals surface area contributed by atoms with Crippen LogP contribution in [0.1, 0.15) is 33.1 Å². The maximum Gasteiger partial charge on any atom is 0.214 e. The van der Waals surface area contributed by atoms with Gasteiger partial charge in [0.25, 0.3) is 0 Å². The molecule has 0 bridgehead atoms. The third kappa shape index (κ3) is 4.47. The molecule has 0 N–H and O–H groups in total. The molecule has 0 aliphatic heterocycles. The molecule has 0 radical (unpaired) electrons. The van der Waals surface area contributed by atoms with Crippen LogP contribution in [0.5, 0.6) is 0 Å². The Labute approximate surface area is 90.3 Å². The van der Waals surface area contributed by atoms with E-state index < -0.39 is 0 Å². The minimum atomic E-state index is 0.358. The van der Waals surface area contributed by atoms with Crippen molar-refractivity contribution in [3.05, 3.63) is 23.4 Å². The third-order valence-electron chi connectivity index (χ3n) is 1.76. The molecule has 78 valence electrons. The first-order chi connectivity index (χ1) is 6.76. The summed E-state index contributed by atoms with van der Waals surface area (Å²) in [6.45, 7) is 3.92. The van der Waals surface area contributed by atoms with Crippen LogP contribution in [0.25, 0.3) is 0 Å². The van der Waals surface area contributed by atoms with Crippen molar-refractivity contribution in [2.45, 2.75) is 39.2 Å². The fourth-order valence-corrected chi connectivity index (χ4v) is 0.931. The number of ether oxygens (including phenoxy) is 1. The lowest BCUT2D eigenvalue weighted by atomic mass is 10.4. The van der Waals surface area contributed by atoms with Gasteiger partial charge in [0.2, 0.25) is 5.90 Å². The molecule has 1 fully saturated rings. The molecule has 1 rings (SSSR count). The molecule has 2 nitrogen and oxygen atoms in total. The Morgan fingerprint density at radius 2 is 2.29 bits per heavy atom. The van der Waals surface area contributed by atoms with Crippen molar-refractivity contribution in [1.82, 2.24) is 0 Å². The Morgan fingerprint density at radius 3 is 2.79 bits per heavy atom. The van der Waals surface area contributed by atoms with E-state index >= 15 is 0 Å². The molecule has 0 aromatic rings. The molecule has 14 heavy (non-hydrogen) atoms. The summed E-state index contributed by atoms with van der Waals surface area (Å²) in [5.41, 5.74) is 0. The molecule has 0 amide bonds. The minimum absolute atomic E-state index is 0.358. The standard InChI is InChI=1S/C11H16ClNO/c1-3-5-6-11(13-10(12)4-2)14-9-7-8-9/h4-6,9H,3,7-8H2,1-2H3/b6-5+,10-4-,13-11+. The van der Waals surface area contributed by atoms with Crippen LogP contribution in [0.4, 0.5) is 0 Å². The summed E-state index contributed by atoms with van der Waals surface area (Å²) < 4.78 is 5.57. The Bertz CT molecular complexity index is 264. The maximum absolute atomic E-state index is 5.80. The lowest BCUT2D eigenvalue weighted by Gasteiger charge is -2.02. The van der Waals surface area contributed by atoms with E-state index in [-0.39, 0.29) is 0 Å². The smallest absolute Gasteiger partial charge is 0.214 e. The van der Waals surface area contributed by atoms with E-state index in [1.165, 1.54) is 0 Å². The van der Waals surface area contributed by atoms with E-state index in [0.29, 0.717) is 17.2 Å². The fourth-order valence-electron chi connectivity index (χ4n) is 0.848. The second-order valence-corrected chi connectivity index (χ2v) is 3.58. The van der Waals surface area contributed by atoms with Crippen LogP contribution in [-0.4, -0.2) is 12.0 Å². The maximum atomic E-state index is 5.80. The van der Waals surface area contributed by atoms with E-state index in [1.54, 1.807) is 6.08 Å². The average Bonchev–Trinajstić information content (AvgIpc) is 2.97. The van der Waals surface area contributed by atoms with Gasteiger partial charge < -0.3 is 4.74 Å². The van der Waals surface area contributed by atoms with Crippen LogP contribution in [-0.2, 0) is 4.74 Å². The number of halogens is 1. The zero-order valence-electron chi connectivity index (χ0n) is 8.66. The molecule has 1 saturated carbocycles. The quantitative estimate of drug-likeness (QED) is 0.397. The number of aliphatic imine (C=N–C) groups is 1. The topological polar surface area (TPSA) is 21.6 Å². The highest BCUT2D eigenvalue weighted by atomic mass is 35.5. The normalized spacial score (nSPS) is 19.1. The first kappa shape index (κ1) is 11.3. The Hall–Kier alpha value is -0.760. The Morgan fingerprint density at radius 1 is 1.57 bits per heavy atom. The van der Waals surface area contributed by atoms with Gasteiger partial charge >= 0.3 is 0 Å². The lowest BCUT2D eigenvalue weighted by molar-refractivity contribution is 0.292. The first-order valence-corrected chi connectivity index (χ1v) is 5.37. The van der Waals surface area contributed by atoms with Crippen LogP contribution in [0, 0.1) is 0 Å². The van der Waals surface area contributed by atoms with Gasteiger partial charge in [-0.1, -0.05) is 24.6 Å². The van der Waals surface area contributed by atoms with Gasteiger partial charge in [0, 0.05) is 0 Å². The predicted octanol–water partition coefficient (Wildman–Crippen LogP) is 3.63. The zero-order valence-corrected chi connectivity index (χ0v) is 9.42. The highest BCUT2D eigenvalue weighted by Gasteiger charge is 2.24. The van der Waals surface area contributed by atoms with E-state index in [9.17, 15) is 0 Å². The largest absolute Gasteiger partial charge is 0.474 e. The van der Waals surface area contributed by atoms with Gasteiger partial charge in [0.05, 0.1) is 0 Å². The summed E-state index contributed by atoms with van der Waals surface area (Å²) in [6, 6.07) is 0. The Kier molecular flexibility index (Phi) is 4.74. The van der Waals surface area contributed by atoms with Gasteiger partial charge in [0.15, 0.2) is 0 Å². The van der Waals surface area contributed by atoms with Gasteiger partial charge in [-0.25, -0.2) is 4.99 Å². The molecule has 1 aliphatic carbocycles.